The quantitative estimate of drug-likeness (QED) is 0.766. The molecule has 1 saturated heterocycles. The number of nitrogens with zero attached hydrogens (tertiary/aromatic N) is 4. The summed E-state index contributed by atoms with van der Waals surface area (Å²) in [6, 6.07) is 8.09. The van der Waals surface area contributed by atoms with Crippen molar-refractivity contribution in [1.29, 1.82) is 0 Å². The lowest BCUT2D eigenvalue weighted by Gasteiger charge is -2.23. The predicted molar refractivity (Wildman–Crippen MR) is 92.9 cm³/mol. The van der Waals surface area contributed by atoms with E-state index in [1.807, 2.05) is 28.9 Å². The Balaban J connectivity index is 1.91. The highest BCUT2D eigenvalue weighted by atomic mass is 16.5. The second kappa shape index (κ2) is 6.09. The van der Waals surface area contributed by atoms with E-state index in [2.05, 4.69) is 15.3 Å². The molecule has 1 aliphatic heterocycles. The fourth-order valence-electron chi connectivity index (χ4n) is 3.26. The summed E-state index contributed by atoms with van der Waals surface area (Å²) in [4.78, 5) is 8.62. The first-order valence-electron chi connectivity index (χ1n) is 8.12. The van der Waals surface area contributed by atoms with Crippen LogP contribution in [0.4, 0.5) is 5.82 Å². The van der Waals surface area contributed by atoms with E-state index in [0.717, 1.165) is 54.0 Å². The van der Waals surface area contributed by atoms with E-state index in [9.17, 15) is 0 Å². The van der Waals surface area contributed by atoms with Gasteiger partial charge < -0.3 is 15.8 Å². The van der Waals surface area contributed by atoms with E-state index in [0.29, 0.717) is 5.82 Å². The summed E-state index contributed by atoms with van der Waals surface area (Å²) >= 11 is 0. The largest absolute Gasteiger partial charge is 0.497 e. The summed E-state index contributed by atoms with van der Waals surface area (Å²) in [5, 5.41) is 9.08. The molecule has 3 N–H and O–H groups in total. The molecule has 1 aliphatic rings. The van der Waals surface area contributed by atoms with Gasteiger partial charge in [0.15, 0.2) is 5.65 Å². The first kappa shape index (κ1) is 14.9. The smallest absolute Gasteiger partial charge is 0.164 e. The van der Waals surface area contributed by atoms with Gasteiger partial charge >= 0.3 is 0 Å². The zero-order valence-corrected chi connectivity index (χ0v) is 13.6. The molecule has 0 bridgehead atoms. The van der Waals surface area contributed by atoms with Crippen molar-refractivity contribution in [2.75, 3.05) is 25.9 Å². The third-order valence-electron chi connectivity index (χ3n) is 4.48. The lowest BCUT2D eigenvalue weighted by molar-refractivity contribution is 0.354. The van der Waals surface area contributed by atoms with Gasteiger partial charge in [0.25, 0.3) is 0 Å². The third-order valence-corrected chi connectivity index (χ3v) is 4.48. The molecule has 3 aromatic rings. The lowest BCUT2D eigenvalue weighted by atomic mass is 10.1. The standard InChI is InChI=1S/C17H20N6O/c1-24-13-6-2-4-11(8-13)15-14-16(18)20-10-21-17(14)23(22-15)12-5-3-7-19-9-12/h2,4,6,8,10,12,19H,3,5,7,9H2,1H3,(H2,18,20,21)/t12-/m1/s1. The molecular formula is C17H20N6O. The van der Waals surface area contributed by atoms with Gasteiger partial charge in [0.1, 0.15) is 23.6 Å². The van der Waals surface area contributed by atoms with E-state index < -0.39 is 0 Å². The number of fused-ring (bicyclic) bond motifs is 1. The third kappa shape index (κ3) is 2.46. The highest BCUT2D eigenvalue weighted by Gasteiger charge is 2.23. The maximum Gasteiger partial charge on any atom is 0.164 e. The number of rotatable bonds is 3. The van der Waals surface area contributed by atoms with Gasteiger partial charge in [-0.3, -0.25) is 0 Å². The maximum atomic E-state index is 6.16. The van der Waals surface area contributed by atoms with Crippen LogP contribution >= 0.6 is 0 Å². The SMILES string of the molecule is COc1cccc(-c2nn([C@@H]3CCCNC3)c3ncnc(N)c23)c1. The van der Waals surface area contributed by atoms with Crippen molar-refractivity contribution in [3.05, 3.63) is 30.6 Å². The van der Waals surface area contributed by atoms with Crippen LogP contribution in [0, 0.1) is 0 Å². The molecule has 7 nitrogen and oxygen atoms in total. The molecule has 0 aliphatic carbocycles. The van der Waals surface area contributed by atoms with Gasteiger partial charge in [0.2, 0.25) is 0 Å². The topological polar surface area (TPSA) is 90.9 Å². The number of hydrogen-bond acceptors (Lipinski definition) is 6. The molecule has 3 heterocycles. The summed E-state index contributed by atoms with van der Waals surface area (Å²) < 4.78 is 7.33. The number of hydrogen-bond donors (Lipinski definition) is 2. The zero-order valence-electron chi connectivity index (χ0n) is 13.6. The highest BCUT2D eigenvalue weighted by molar-refractivity contribution is 5.98. The van der Waals surface area contributed by atoms with Crippen LogP contribution in [0.3, 0.4) is 0 Å². The molecule has 7 heteroatoms. The monoisotopic (exact) mass is 324 g/mol. The van der Waals surface area contributed by atoms with Gasteiger partial charge in [0.05, 0.1) is 18.5 Å². The highest BCUT2D eigenvalue weighted by Crippen LogP contribution is 2.33. The van der Waals surface area contributed by atoms with E-state index in [4.69, 9.17) is 15.6 Å². The van der Waals surface area contributed by atoms with Crippen LogP contribution in [0.15, 0.2) is 30.6 Å². The minimum atomic E-state index is 0.273. The van der Waals surface area contributed by atoms with Crippen LogP contribution in [0.1, 0.15) is 18.9 Å². The Labute approximate surface area is 139 Å². The Morgan fingerprint density at radius 1 is 1.33 bits per heavy atom. The zero-order chi connectivity index (χ0) is 16.5. The molecule has 2 aromatic heterocycles. The number of anilines is 1. The minimum absolute atomic E-state index is 0.273. The minimum Gasteiger partial charge on any atom is -0.497 e. The first-order valence-corrected chi connectivity index (χ1v) is 8.12. The van der Waals surface area contributed by atoms with Crippen molar-refractivity contribution < 1.29 is 4.74 Å². The molecule has 1 atom stereocenters. The molecule has 0 unspecified atom stereocenters. The summed E-state index contributed by atoms with van der Waals surface area (Å²) in [5.74, 6) is 1.23. The average molecular weight is 324 g/mol. The molecule has 0 amide bonds. The molecule has 24 heavy (non-hydrogen) atoms. The van der Waals surface area contributed by atoms with Gasteiger partial charge in [-0.2, -0.15) is 5.10 Å². The van der Waals surface area contributed by atoms with Gasteiger partial charge in [-0.05, 0) is 31.5 Å². The van der Waals surface area contributed by atoms with Crippen molar-refractivity contribution in [2.45, 2.75) is 18.9 Å². The Kier molecular flexibility index (Phi) is 3.78. The van der Waals surface area contributed by atoms with E-state index >= 15 is 0 Å². The van der Waals surface area contributed by atoms with Crippen LogP contribution in [-0.2, 0) is 0 Å². The average Bonchev–Trinajstić information content (AvgIpc) is 3.04. The molecule has 124 valence electrons. The summed E-state index contributed by atoms with van der Waals surface area (Å²) in [5.41, 5.74) is 8.69. The Hall–Kier alpha value is -2.67. The van der Waals surface area contributed by atoms with Crippen molar-refractivity contribution in [3.8, 4) is 17.0 Å². The second-order valence-electron chi connectivity index (χ2n) is 5.98. The number of ether oxygens (including phenoxy) is 1. The fraction of sp³-hybridized carbons (Fsp3) is 0.353. The normalized spacial score (nSPS) is 18.0. The van der Waals surface area contributed by atoms with Gasteiger partial charge in [-0.15, -0.1) is 0 Å². The number of aromatic nitrogens is 4. The number of benzene rings is 1. The number of nitrogens with one attached hydrogen (secondary N) is 1. The van der Waals surface area contributed by atoms with Crippen molar-refractivity contribution in [3.63, 3.8) is 0 Å². The number of nitrogen functional groups attached to an aromatic ring is 1. The van der Waals surface area contributed by atoms with Crippen LogP contribution in [0.2, 0.25) is 0 Å². The maximum absolute atomic E-state index is 6.16. The van der Waals surface area contributed by atoms with Crippen molar-refractivity contribution >= 4 is 16.9 Å². The summed E-state index contributed by atoms with van der Waals surface area (Å²) in [6.07, 6.45) is 3.70. The lowest BCUT2D eigenvalue weighted by Crippen LogP contribution is -2.32. The predicted octanol–water partition coefficient (Wildman–Crippen LogP) is 2.01. The molecule has 1 aromatic carbocycles. The Morgan fingerprint density at radius 2 is 2.25 bits per heavy atom. The van der Waals surface area contributed by atoms with Gasteiger partial charge in [0, 0.05) is 12.1 Å². The van der Waals surface area contributed by atoms with Crippen molar-refractivity contribution in [2.24, 2.45) is 0 Å². The molecule has 0 radical (unpaired) electrons. The van der Waals surface area contributed by atoms with E-state index in [1.54, 1.807) is 7.11 Å². The van der Waals surface area contributed by atoms with Gasteiger partial charge in [-0.25, -0.2) is 14.6 Å². The fourth-order valence-corrected chi connectivity index (χ4v) is 3.26. The Bertz CT molecular complexity index is 869. The molecule has 1 fully saturated rings. The van der Waals surface area contributed by atoms with E-state index in [-0.39, 0.29) is 6.04 Å². The summed E-state index contributed by atoms with van der Waals surface area (Å²) in [6.45, 7) is 1.94. The Morgan fingerprint density at radius 3 is 3.04 bits per heavy atom. The summed E-state index contributed by atoms with van der Waals surface area (Å²) in [7, 11) is 1.65. The number of methoxy groups -OCH3 is 1. The molecule has 0 saturated carbocycles. The molecule has 4 rings (SSSR count). The van der Waals surface area contributed by atoms with Crippen molar-refractivity contribution in [1.82, 2.24) is 25.1 Å². The molecular weight excluding hydrogens is 304 g/mol. The van der Waals surface area contributed by atoms with E-state index in [1.165, 1.54) is 6.33 Å². The van der Waals surface area contributed by atoms with Crippen LogP contribution in [0.25, 0.3) is 22.3 Å². The first-order chi connectivity index (χ1) is 11.8. The van der Waals surface area contributed by atoms with Crippen LogP contribution in [0.5, 0.6) is 5.75 Å². The van der Waals surface area contributed by atoms with Crippen LogP contribution in [-0.4, -0.2) is 39.9 Å². The van der Waals surface area contributed by atoms with Crippen LogP contribution < -0.4 is 15.8 Å². The van der Waals surface area contributed by atoms with Gasteiger partial charge in [-0.1, -0.05) is 12.1 Å². The molecule has 0 spiro atoms. The second-order valence-corrected chi connectivity index (χ2v) is 5.98. The number of piperidine rings is 1. The number of nitrogens with two attached hydrogens (primary N) is 1.